The van der Waals surface area contributed by atoms with Gasteiger partial charge in [0.25, 0.3) is 5.91 Å². The molecule has 2 aromatic rings. The molecule has 0 aliphatic rings. The molecule has 0 spiro atoms. The molecule has 1 N–H and O–H groups in total. The van der Waals surface area contributed by atoms with E-state index in [1.54, 1.807) is 19.0 Å². The van der Waals surface area contributed by atoms with Gasteiger partial charge in [0.05, 0.1) is 0 Å². The van der Waals surface area contributed by atoms with Crippen LogP contribution < -0.4 is 5.32 Å². The summed E-state index contributed by atoms with van der Waals surface area (Å²) in [5.41, 5.74) is 2.89. The Hall–Kier alpha value is -1.81. The van der Waals surface area contributed by atoms with Crippen LogP contribution in [0.3, 0.4) is 0 Å². The normalized spacial score (nSPS) is 10.5. The lowest BCUT2D eigenvalue weighted by atomic mass is 10.1. The lowest BCUT2D eigenvalue weighted by Gasteiger charge is -2.14. The first-order valence-electron chi connectivity index (χ1n) is 7.15. The molecule has 1 heterocycles. The molecule has 1 amide bonds. The first-order valence-corrected chi connectivity index (χ1v) is 7.96. The fraction of sp³-hybridized carbons (Fsp3) is 0.353. The SMILES string of the molecule is CCc1ccc(CNc2cc(C(=O)N(C)C)ccc2C)s1. The molecule has 0 atom stereocenters. The summed E-state index contributed by atoms with van der Waals surface area (Å²) >= 11 is 1.84. The van der Waals surface area contributed by atoms with Crippen LogP contribution in [-0.4, -0.2) is 24.9 Å². The molecule has 0 bridgehead atoms. The number of rotatable bonds is 5. The van der Waals surface area contributed by atoms with E-state index in [2.05, 4.69) is 31.3 Å². The van der Waals surface area contributed by atoms with Crippen LogP contribution in [0, 0.1) is 6.92 Å². The second-order valence-corrected chi connectivity index (χ2v) is 6.56. The second kappa shape index (κ2) is 6.76. The number of benzene rings is 1. The first-order chi connectivity index (χ1) is 10.0. The quantitative estimate of drug-likeness (QED) is 0.907. The summed E-state index contributed by atoms with van der Waals surface area (Å²) in [6.45, 7) is 5.02. The number of hydrogen-bond acceptors (Lipinski definition) is 3. The summed E-state index contributed by atoms with van der Waals surface area (Å²) in [6, 6.07) is 10.2. The largest absolute Gasteiger partial charge is 0.380 e. The van der Waals surface area contributed by atoms with E-state index in [-0.39, 0.29) is 5.91 Å². The van der Waals surface area contributed by atoms with Gasteiger partial charge in [-0.25, -0.2) is 0 Å². The Morgan fingerprint density at radius 1 is 1.19 bits per heavy atom. The molecule has 0 radical (unpaired) electrons. The molecule has 0 unspecified atom stereocenters. The summed E-state index contributed by atoms with van der Waals surface area (Å²) in [6.07, 6.45) is 1.08. The van der Waals surface area contributed by atoms with Gasteiger partial charge in [-0.15, -0.1) is 11.3 Å². The fourth-order valence-corrected chi connectivity index (χ4v) is 2.99. The maximum absolute atomic E-state index is 12.0. The van der Waals surface area contributed by atoms with Crippen molar-refractivity contribution in [3.8, 4) is 0 Å². The van der Waals surface area contributed by atoms with E-state index >= 15 is 0 Å². The van der Waals surface area contributed by atoms with E-state index < -0.39 is 0 Å². The molecule has 3 nitrogen and oxygen atoms in total. The van der Waals surface area contributed by atoms with E-state index in [9.17, 15) is 4.79 Å². The molecule has 1 aromatic carbocycles. The van der Waals surface area contributed by atoms with Gasteiger partial charge in [-0.05, 0) is 43.2 Å². The van der Waals surface area contributed by atoms with E-state index in [4.69, 9.17) is 0 Å². The maximum Gasteiger partial charge on any atom is 0.253 e. The van der Waals surface area contributed by atoms with Crippen LogP contribution in [0.15, 0.2) is 30.3 Å². The summed E-state index contributed by atoms with van der Waals surface area (Å²) < 4.78 is 0. The molecule has 0 fully saturated rings. The Kier molecular flexibility index (Phi) is 5.02. The minimum Gasteiger partial charge on any atom is -0.380 e. The van der Waals surface area contributed by atoms with Crippen LogP contribution in [0.2, 0.25) is 0 Å². The van der Waals surface area contributed by atoms with Gasteiger partial charge in [0.15, 0.2) is 0 Å². The van der Waals surface area contributed by atoms with Crippen molar-refractivity contribution in [1.82, 2.24) is 4.90 Å². The minimum atomic E-state index is 0.0300. The number of nitrogens with zero attached hydrogens (tertiary/aromatic N) is 1. The van der Waals surface area contributed by atoms with Gasteiger partial charge in [-0.2, -0.15) is 0 Å². The highest BCUT2D eigenvalue weighted by molar-refractivity contribution is 7.12. The van der Waals surface area contributed by atoms with Crippen molar-refractivity contribution in [1.29, 1.82) is 0 Å². The molecule has 0 saturated carbocycles. The lowest BCUT2D eigenvalue weighted by Crippen LogP contribution is -2.21. The van der Waals surface area contributed by atoms with Gasteiger partial charge in [0.1, 0.15) is 0 Å². The topological polar surface area (TPSA) is 32.3 Å². The highest BCUT2D eigenvalue weighted by Crippen LogP contribution is 2.21. The summed E-state index contributed by atoms with van der Waals surface area (Å²) in [5, 5.41) is 3.44. The third-order valence-electron chi connectivity index (χ3n) is 3.41. The Bertz CT molecular complexity index is 631. The maximum atomic E-state index is 12.0. The van der Waals surface area contributed by atoms with Crippen molar-refractivity contribution in [2.75, 3.05) is 19.4 Å². The molecular formula is C17H22N2OS. The molecule has 2 rings (SSSR count). The van der Waals surface area contributed by atoms with Crippen LogP contribution in [0.25, 0.3) is 0 Å². The minimum absolute atomic E-state index is 0.0300. The zero-order valence-corrected chi connectivity index (χ0v) is 13.9. The van der Waals surface area contributed by atoms with Crippen molar-refractivity contribution >= 4 is 22.9 Å². The summed E-state index contributed by atoms with van der Waals surface area (Å²) in [5.74, 6) is 0.0300. The number of carbonyl (C=O) groups excluding carboxylic acids is 1. The van der Waals surface area contributed by atoms with Crippen LogP contribution in [-0.2, 0) is 13.0 Å². The third-order valence-corrected chi connectivity index (χ3v) is 4.64. The molecule has 21 heavy (non-hydrogen) atoms. The Morgan fingerprint density at radius 3 is 2.52 bits per heavy atom. The van der Waals surface area contributed by atoms with Gasteiger partial charge in [0.2, 0.25) is 0 Å². The van der Waals surface area contributed by atoms with Crippen molar-refractivity contribution < 1.29 is 4.79 Å². The highest BCUT2D eigenvalue weighted by atomic mass is 32.1. The monoisotopic (exact) mass is 302 g/mol. The summed E-state index contributed by atoms with van der Waals surface area (Å²) in [4.78, 5) is 16.3. The predicted octanol–water partition coefficient (Wildman–Crippen LogP) is 3.93. The number of nitrogens with one attached hydrogen (secondary N) is 1. The molecule has 0 aliphatic heterocycles. The third kappa shape index (κ3) is 3.85. The molecule has 1 aromatic heterocycles. The second-order valence-electron chi connectivity index (χ2n) is 5.30. The van der Waals surface area contributed by atoms with Crippen molar-refractivity contribution in [2.24, 2.45) is 0 Å². The number of hydrogen-bond donors (Lipinski definition) is 1. The average molecular weight is 302 g/mol. The molecule has 0 aliphatic carbocycles. The molecule has 0 saturated heterocycles. The van der Waals surface area contributed by atoms with Gasteiger partial charge in [-0.1, -0.05) is 13.0 Å². The van der Waals surface area contributed by atoms with E-state index in [1.165, 1.54) is 9.75 Å². The van der Waals surface area contributed by atoms with Crippen LogP contribution in [0.4, 0.5) is 5.69 Å². The predicted molar refractivity (Wildman–Crippen MR) is 90.2 cm³/mol. The van der Waals surface area contributed by atoms with Gasteiger partial charge in [-0.3, -0.25) is 4.79 Å². The van der Waals surface area contributed by atoms with E-state index in [1.807, 2.05) is 29.5 Å². The standard InChI is InChI=1S/C17H22N2OS/c1-5-14-8-9-15(21-14)11-18-16-10-13(7-6-12(16)2)17(20)19(3)4/h6-10,18H,5,11H2,1-4H3. The van der Waals surface area contributed by atoms with Crippen molar-refractivity contribution in [2.45, 2.75) is 26.8 Å². The number of thiophene rings is 1. The number of anilines is 1. The van der Waals surface area contributed by atoms with Crippen molar-refractivity contribution in [3.05, 3.63) is 51.2 Å². The Balaban J connectivity index is 2.11. The van der Waals surface area contributed by atoms with E-state index in [0.29, 0.717) is 5.56 Å². The average Bonchev–Trinajstić information content (AvgIpc) is 2.93. The smallest absolute Gasteiger partial charge is 0.253 e. The van der Waals surface area contributed by atoms with E-state index in [0.717, 1.165) is 24.2 Å². The van der Waals surface area contributed by atoms with Crippen LogP contribution >= 0.6 is 11.3 Å². The molecular weight excluding hydrogens is 280 g/mol. The molecule has 4 heteroatoms. The Labute approximate surface area is 130 Å². The van der Waals surface area contributed by atoms with Gasteiger partial charge < -0.3 is 10.2 Å². The Morgan fingerprint density at radius 2 is 1.90 bits per heavy atom. The summed E-state index contributed by atoms with van der Waals surface area (Å²) in [7, 11) is 3.54. The van der Waals surface area contributed by atoms with Crippen LogP contribution in [0.5, 0.6) is 0 Å². The fourth-order valence-electron chi connectivity index (χ4n) is 2.09. The highest BCUT2D eigenvalue weighted by Gasteiger charge is 2.10. The first kappa shape index (κ1) is 15.6. The number of carbonyl (C=O) groups is 1. The van der Waals surface area contributed by atoms with Crippen molar-refractivity contribution in [3.63, 3.8) is 0 Å². The zero-order valence-electron chi connectivity index (χ0n) is 13.1. The van der Waals surface area contributed by atoms with Gasteiger partial charge in [0, 0.05) is 41.6 Å². The van der Waals surface area contributed by atoms with Gasteiger partial charge >= 0.3 is 0 Å². The number of amides is 1. The lowest BCUT2D eigenvalue weighted by molar-refractivity contribution is 0.0827. The molecule has 112 valence electrons. The number of aryl methyl sites for hydroxylation is 2. The zero-order chi connectivity index (χ0) is 15.4. The van der Waals surface area contributed by atoms with Crippen LogP contribution in [0.1, 0.15) is 32.6 Å².